The van der Waals surface area contributed by atoms with Gasteiger partial charge in [0.15, 0.2) is 0 Å². The van der Waals surface area contributed by atoms with Crippen LogP contribution in [-0.4, -0.2) is 29.0 Å². The number of hydrogen-bond acceptors (Lipinski definition) is 2. The topological polar surface area (TPSA) is 29.3 Å². The predicted octanol–water partition coefficient (Wildman–Crippen LogP) is 5.94. The van der Waals surface area contributed by atoms with E-state index in [1.54, 1.807) is 5.56 Å². The Morgan fingerprint density at radius 3 is 2.37 bits per heavy atom. The Hall–Kier alpha value is -0.930. The van der Waals surface area contributed by atoms with Gasteiger partial charge in [0.1, 0.15) is 0 Å². The van der Waals surface area contributed by atoms with Gasteiger partial charge in [-0.25, -0.2) is 0 Å². The van der Waals surface area contributed by atoms with Crippen LogP contribution < -0.4 is 5.73 Å². The molecule has 1 aromatic rings. The quantitative estimate of drug-likeness (QED) is 0.607. The summed E-state index contributed by atoms with van der Waals surface area (Å²) in [6, 6.07) is 11.8. The minimum absolute atomic E-state index is 0.145. The molecule has 5 aliphatic rings. The standard InChI is InChI=1S/C27H40N2S/c1-4-8-22-19-13-26(21-9-6-5-7-10-21)14-20(22)16-27(15-19,17-26)24(30)29-12-11-23(28)25(2,3)18-29/h5-7,9-10,19-20,22-23H,4,8,11-18,28H2,1-3H3/t19?,20?,22?,23-,26?,27?/m0/s1. The van der Waals surface area contributed by atoms with E-state index in [1.165, 1.54) is 49.9 Å². The van der Waals surface area contributed by atoms with Gasteiger partial charge in [-0.3, -0.25) is 0 Å². The summed E-state index contributed by atoms with van der Waals surface area (Å²) in [4.78, 5) is 3.88. The van der Waals surface area contributed by atoms with Crippen molar-refractivity contribution in [2.24, 2.45) is 34.3 Å². The lowest BCUT2D eigenvalue weighted by Gasteiger charge is -2.66. The summed E-state index contributed by atoms with van der Waals surface area (Å²) in [7, 11) is 0. The molecule has 3 atom stereocenters. The summed E-state index contributed by atoms with van der Waals surface area (Å²) < 4.78 is 0. The van der Waals surface area contributed by atoms with Crippen LogP contribution in [0, 0.1) is 28.6 Å². The first-order valence-corrected chi connectivity index (χ1v) is 12.8. The van der Waals surface area contributed by atoms with Crippen molar-refractivity contribution in [3.05, 3.63) is 35.9 Å². The van der Waals surface area contributed by atoms with Crippen molar-refractivity contribution in [1.82, 2.24) is 4.90 Å². The average Bonchev–Trinajstić information content (AvgIpc) is 2.72. The van der Waals surface area contributed by atoms with Crippen LogP contribution in [0.15, 0.2) is 30.3 Å². The molecular weight excluding hydrogens is 384 g/mol. The maximum Gasteiger partial charge on any atom is 0.0842 e. The van der Waals surface area contributed by atoms with Crippen LogP contribution in [0.25, 0.3) is 0 Å². The van der Waals surface area contributed by atoms with Crippen molar-refractivity contribution < 1.29 is 0 Å². The number of benzene rings is 1. The van der Waals surface area contributed by atoms with Crippen LogP contribution in [0.1, 0.15) is 77.7 Å². The van der Waals surface area contributed by atoms with Gasteiger partial charge in [0.2, 0.25) is 0 Å². The number of nitrogens with two attached hydrogens (primary N) is 1. The van der Waals surface area contributed by atoms with Crippen LogP contribution in [0.4, 0.5) is 0 Å². The highest BCUT2D eigenvalue weighted by atomic mass is 32.1. The Kier molecular flexibility index (Phi) is 5.10. The highest BCUT2D eigenvalue weighted by molar-refractivity contribution is 7.80. The van der Waals surface area contributed by atoms with Gasteiger partial charge < -0.3 is 10.6 Å². The second kappa shape index (κ2) is 7.30. The van der Waals surface area contributed by atoms with E-state index in [9.17, 15) is 0 Å². The molecular formula is C27H40N2S. The second-order valence-electron chi connectivity index (χ2n) is 12.0. The summed E-state index contributed by atoms with van der Waals surface area (Å²) in [5.41, 5.74) is 8.78. The summed E-state index contributed by atoms with van der Waals surface area (Å²) in [6.45, 7) is 9.11. The molecule has 164 valence electrons. The van der Waals surface area contributed by atoms with E-state index >= 15 is 0 Å². The zero-order valence-electron chi connectivity index (χ0n) is 19.2. The van der Waals surface area contributed by atoms with E-state index in [0.29, 0.717) is 5.41 Å². The molecule has 4 saturated carbocycles. The molecule has 5 fully saturated rings. The zero-order chi connectivity index (χ0) is 21.1. The van der Waals surface area contributed by atoms with Crippen molar-refractivity contribution in [3.63, 3.8) is 0 Å². The summed E-state index contributed by atoms with van der Waals surface area (Å²) in [5.74, 6) is 2.63. The molecule has 1 saturated heterocycles. The molecule has 2 unspecified atom stereocenters. The van der Waals surface area contributed by atoms with Crippen LogP contribution in [0.3, 0.4) is 0 Å². The van der Waals surface area contributed by atoms with E-state index in [1.807, 2.05) is 0 Å². The molecule has 0 radical (unpaired) electrons. The first-order valence-electron chi connectivity index (χ1n) is 12.4. The van der Waals surface area contributed by atoms with Gasteiger partial charge in [0, 0.05) is 24.5 Å². The van der Waals surface area contributed by atoms with Gasteiger partial charge in [-0.1, -0.05) is 76.2 Å². The summed E-state index contributed by atoms with van der Waals surface area (Å²) in [6.07, 6.45) is 10.5. The number of rotatable bonds is 4. The van der Waals surface area contributed by atoms with Crippen LogP contribution in [0.2, 0.25) is 0 Å². The molecule has 1 heterocycles. The number of piperidine rings is 1. The number of hydrogen-bond donors (Lipinski definition) is 1. The maximum atomic E-state index is 6.46. The van der Waals surface area contributed by atoms with Crippen molar-refractivity contribution in [2.75, 3.05) is 13.1 Å². The molecule has 0 amide bonds. The van der Waals surface area contributed by atoms with Gasteiger partial charge in [0.05, 0.1) is 4.99 Å². The molecule has 2 N–H and O–H groups in total. The third-order valence-electron chi connectivity index (χ3n) is 9.56. The Morgan fingerprint density at radius 2 is 1.77 bits per heavy atom. The maximum absolute atomic E-state index is 6.46. The molecule has 1 aromatic carbocycles. The predicted molar refractivity (Wildman–Crippen MR) is 130 cm³/mol. The van der Waals surface area contributed by atoms with E-state index < -0.39 is 0 Å². The fourth-order valence-corrected chi connectivity index (χ4v) is 8.71. The van der Waals surface area contributed by atoms with Gasteiger partial charge >= 0.3 is 0 Å². The Bertz CT molecular complexity index is 784. The molecule has 0 aromatic heterocycles. The first kappa shape index (κ1) is 20.9. The van der Waals surface area contributed by atoms with Gasteiger partial charge in [-0.05, 0) is 72.7 Å². The molecule has 4 bridgehead atoms. The largest absolute Gasteiger partial charge is 0.365 e. The third-order valence-corrected chi connectivity index (χ3v) is 10.3. The van der Waals surface area contributed by atoms with Gasteiger partial charge in [-0.15, -0.1) is 0 Å². The van der Waals surface area contributed by atoms with Crippen molar-refractivity contribution in [2.45, 2.75) is 83.6 Å². The molecule has 0 spiro atoms. The van der Waals surface area contributed by atoms with E-state index in [4.69, 9.17) is 18.0 Å². The lowest BCUT2D eigenvalue weighted by atomic mass is 9.39. The number of likely N-dealkylation sites (tertiary alicyclic amines) is 1. The minimum Gasteiger partial charge on any atom is -0.365 e. The zero-order valence-corrected chi connectivity index (χ0v) is 20.0. The van der Waals surface area contributed by atoms with E-state index in [2.05, 4.69) is 56.0 Å². The minimum atomic E-state index is 0.145. The molecule has 30 heavy (non-hydrogen) atoms. The van der Waals surface area contributed by atoms with E-state index in [-0.39, 0.29) is 16.9 Å². The highest BCUT2D eigenvalue weighted by Gasteiger charge is 2.63. The SMILES string of the molecule is CCCC1C2CC3(C(=S)N4CC[C@H](N)C(C)(C)C4)CC1CC(c1ccccc1)(C2)C3. The monoisotopic (exact) mass is 424 g/mol. The number of thiocarbonyl (C=S) groups is 1. The molecule has 4 aliphatic carbocycles. The second-order valence-corrected chi connectivity index (χ2v) is 12.4. The molecule has 2 nitrogen and oxygen atoms in total. The van der Waals surface area contributed by atoms with Crippen LogP contribution >= 0.6 is 12.2 Å². The van der Waals surface area contributed by atoms with Crippen molar-refractivity contribution in [3.8, 4) is 0 Å². The van der Waals surface area contributed by atoms with Crippen molar-refractivity contribution >= 4 is 17.2 Å². The Balaban J connectivity index is 1.49. The summed E-state index contributed by atoms with van der Waals surface area (Å²) >= 11 is 6.39. The van der Waals surface area contributed by atoms with Gasteiger partial charge in [0.25, 0.3) is 0 Å². The fraction of sp³-hybridized carbons (Fsp3) is 0.741. The Labute approximate surface area is 189 Å². The third kappa shape index (κ3) is 3.18. The smallest absolute Gasteiger partial charge is 0.0842 e. The normalized spacial score (nSPS) is 41.8. The van der Waals surface area contributed by atoms with Crippen LogP contribution in [0.5, 0.6) is 0 Å². The molecule has 3 heteroatoms. The van der Waals surface area contributed by atoms with Gasteiger partial charge in [-0.2, -0.15) is 0 Å². The Morgan fingerprint density at radius 1 is 1.10 bits per heavy atom. The van der Waals surface area contributed by atoms with E-state index in [0.717, 1.165) is 37.3 Å². The molecule has 6 rings (SSSR count). The highest BCUT2D eigenvalue weighted by Crippen LogP contribution is 2.68. The van der Waals surface area contributed by atoms with Crippen molar-refractivity contribution in [1.29, 1.82) is 0 Å². The number of nitrogens with zero attached hydrogens (tertiary/aromatic N) is 1. The average molecular weight is 425 g/mol. The molecule has 1 aliphatic heterocycles. The fourth-order valence-electron chi connectivity index (χ4n) is 8.31. The first-order chi connectivity index (χ1) is 14.3. The lowest BCUT2D eigenvalue weighted by Crippen LogP contribution is -2.63. The summed E-state index contributed by atoms with van der Waals surface area (Å²) in [5, 5.41) is 0. The lowest BCUT2D eigenvalue weighted by molar-refractivity contribution is -0.0873. The van der Waals surface area contributed by atoms with Crippen LogP contribution in [-0.2, 0) is 5.41 Å².